The number of ether oxygens (including phenoxy) is 2. The molecular formula is C12H18O4. The predicted molar refractivity (Wildman–Crippen MR) is 59.4 cm³/mol. The van der Waals surface area contributed by atoms with E-state index in [9.17, 15) is 9.59 Å². The lowest BCUT2D eigenvalue weighted by Gasteiger charge is -2.19. The number of hydrogen-bond acceptors (Lipinski definition) is 4. The van der Waals surface area contributed by atoms with Crippen LogP contribution in [0.4, 0.5) is 0 Å². The zero-order valence-corrected chi connectivity index (χ0v) is 10.3. The van der Waals surface area contributed by atoms with Crippen LogP contribution in [0, 0.1) is 17.3 Å². The molecule has 0 atom stereocenters. The fraction of sp³-hybridized carbons (Fsp3) is 0.667. The van der Waals surface area contributed by atoms with Crippen LogP contribution in [-0.4, -0.2) is 25.7 Å². The third-order valence-corrected chi connectivity index (χ3v) is 2.08. The fourth-order valence-electron chi connectivity index (χ4n) is 1.06. The average molecular weight is 226 g/mol. The van der Waals surface area contributed by atoms with Gasteiger partial charge in [-0.1, -0.05) is 5.92 Å². The van der Waals surface area contributed by atoms with Gasteiger partial charge in [0, 0.05) is 12.3 Å². The maximum Gasteiger partial charge on any atom is 0.384 e. The molecule has 0 amide bonds. The van der Waals surface area contributed by atoms with Gasteiger partial charge in [0.05, 0.1) is 19.1 Å². The third-order valence-electron chi connectivity index (χ3n) is 2.08. The van der Waals surface area contributed by atoms with Crippen LogP contribution < -0.4 is 0 Å². The van der Waals surface area contributed by atoms with Gasteiger partial charge in [-0.05, 0) is 27.2 Å². The standard InChI is InChI=1S/C12H18O4/c1-5-16-10(13)8-6-7-9-12(2,3)11(14)15-4/h5,7,9H2,1-4H3. The van der Waals surface area contributed by atoms with Crippen LogP contribution in [0.1, 0.15) is 33.6 Å². The number of methoxy groups -OCH3 is 1. The normalized spacial score (nSPS) is 10.0. The van der Waals surface area contributed by atoms with Gasteiger partial charge in [-0.3, -0.25) is 4.79 Å². The van der Waals surface area contributed by atoms with Crippen LogP contribution in [0.2, 0.25) is 0 Å². The molecule has 0 aliphatic carbocycles. The van der Waals surface area contributed by atoms with E-state index >= 15 is 0 Å². The first-order valence-corrected chi connectivity index (χ1v) is 5.18. The zero-order valence-electron chi connectivity index (χ0n) is 10.3. The van der Waals surface area contributed by atoms with Crippen molar-refractivity contribution in [2.75, 3.05) is 13.7 Å². The number of hydrogen-bond donors (Lipinski definition) is 0. The Kier molecular flexibility index (Phi) is 6.24. The topological polar surface area (TPSA) is 52.6 Å². The van der Waals surface area contributed by atoms with Crippen molar-refractivity contribution in [3.8, 4) is 11.8 Å². The van der Waals surface area contributed by atoms with Crippen LogP contribution in [-0.2, 0) is 19.1 Å². The van der Waals surface area contributed by atoms with Crippen molar-refractivity contribution >= 4 is 11.9 Å². The molecule has 0 unspecified atom stereocenters. The minimum absolute atomic E-state index is 0.273. The van der Waals surface area contributed by atoms with Gasteiger partial charge < -0.3 is 9.47 Å². The molecule has 4 nitrogen and oxygen atoms in total. The van der Waals surface area contributed by atoms with E-state index in [0.717, 1.165) is 0 Å². The molecule has 4 heteroatoms. The van der Waals surface area contributed by atoms with Crippen molar-refractivity contribution in [2.45, 2.75) is 33.6 Å². The van der Waals surface area contributed by atoms with Crippen molar-refractivity contribution in [1.29, 1.82) is 0 Å². The smallest absolute Gasteiger partial charge is 0.384 e. The van der Waals surface area contributed by atoms with Gasteiger partial charge in [0.25, 0.3) is 0 Å². The first kappa shape index (κ1) is 14.5. The molecule has 0 fully saturated rings. The van der Waals surface area contributed by atoms with Gasteiger partial charge in [-0.2, -0.15) is 0 Å². The molecule has 16 heavy (non-hydrogen) atoms. The molecule has 0 N–H and O–H groups in total. The molecule has 0 aromatic heterocycles. The molecule has 0 rings (SSSR count). The molecule has 0 radical (unpaired) electrons. The summed E-state index contributed by atoms with van der Waals surface area (Å²) in [4.78, 5) is 22.2. The van der Waals surface area contributed by atoms with Crippen molar-refractivity contribution in [3.05, 3.63) is 0 Å². The van der Waals surface area contributed by atoms with E-state index in [-0.39, 0.29) is 5.97 Å². The molecule has 0 aliphatic heterocycles. The maximum absolute atomic E-state index is 11.3. The highest BCUT2D eigenvalue weighted by Gasteiger charge is 2.27. The minimum atomic E-state index is -0.571. The van der Waals surface area contributed by atoms with E-state index in [2.05, 4.69) is 21.3 Å². The quantitative estimate of drug-likeness (QED) is 0.414. The van der Waals surface area contributed by atoms with Crippen molar-refractivity contribution in [2.24, 2.45) is 5.41 Å². The second-order valence-electron chi connectivity index (χ2n) is 3.90. The van der Waals surface area contributed by atoms with Crippen LogP contribution >= 0.6 is 0 Å². The van der Waals surface area contributed by atoms with Crippen molar-refractivity contribution in [1.82, 2.24) is 0 Å². The van der Waals surface area contributed by atoms with Gasteiger partial charge in [-0.25, -0.2) is 4.79 Å². The van der Waals surface area contributed by atoms with Crippen LogP contribution in [0.5, 0.6) is 0 Å². The Morgan fingerprint density at radius 3 is 2.44 bits per heavy atom. The summed E-state index contributed by atoms with van der Waals surface area (Å²) in [5.74, 6) is 4.22. The summed E-state index contributed by atoms with van der Waals surface area (Å²) in [5, 5.41) is 0. The van der Waals surface area contributed by atoms with Gasteiger partial charge in [0.1, 0.15) is 0 Å². The number of esters is 2. The molecular weight excluding hydrogens is 208 g/mol. The highest BCUT2D eigenvalue weighted by Crippen LogP contribution is 2.23. The summed E-state index contributed by atoms with van der Waals surface area (Å²) in [6, 6.07) is 0. The SMILES string of the molecule is CCOC(=O)C#CCCC(C)(C)C(=O)OC. The summed E-state index contributed by atoms with van der Waals surface area (Å²) in [6.07, 6.45) is 1.01. The molecule has 0 aromatic rings. The highest BCUT2D eigenvalue weighted by molar-refractivity contribution is 5.88. The Morgan fingerprint density at radius 1 is 1.31 bits per heavy atom. The highest BCUT2D eigenvalue weighted by atomic mass is 16.5. The second kappa shape index (κ2) is 6.89. The molecule has 0 aromatic carbocycles. The third kappa shape index (κ3) is 5.40. The summed E-state index contributed by atoms with van der Waals surface area (Å²) in [7, 11) is 1.36. The lowest BCUT2D eigenvalue weighted by Crippen LogP contribution is -2.25. The lowest BCUT2D eigenvalue weighted by molar-refractivity contribution is -0.151. The summed E-state index contributed by atoms with van der Waals surface area (Å²) < 4.78 is 9.29. The lowest BCUT2D eigenvalue weighted by atomic mass is 9.88. The van der Waals surface area contributed by atoms with Crippen LogP contribution in [0.3, 0.4) is 0 Å². The minimum Gasteiger partial charge on any atom is -0.469 e. The Hall–Kier alpha value is -1.50. The molecule has 0 bridgehead atoms. The monoisotopic (exact) mass is 226 g/mol. The van der Waals surface area contributed by atoms with Crippen molar-refractivity contribution < 1.29 is 19.1 Å². The van der Waals surface area contributed by atoms with Gasteiger partial charge in [0.15, 0.2) is 0 Å². The van der Waals surface area contributed by atoms with Gasteiger partial charge in [-0.15, -0.1) is 0 Å². The molecule has 0 saturated heterocycles. The Morgan fingerprint density at radius 2 is 1.94 bits per heavy atom. The maximum atomic E-state index is 11.3. The second-order valence-corrected chi connectivity index (χ2v) is 3.90. The molecule has 90 valence electrons. The number of carbonyl (C=O) groups excluding carboxylic acids is 2. The van der Waals surface area contributed by atoms with E-state index in [0.29, 0.717) is 19.4 Å². The zero-order chi connectivity index (χ0) is 12.6. The molecule has 0 saturated carbocycles. The number of carbonyl (C=O) groups is 2. The van der Waals surface area contributed by atoms with Gasteiger partial charge in [0.2, 0.25) is 0 Å². The largest absolute Gasteiger partial charge is 0.469 e. The average Bonchev–Trinajstić information content (AvgIpc) is 2.23. The van der Waals surface area contributed by atoms with Crippen LogP contribution in [0.15, 0.2) is 0 Å². The van der Waals surface area contributed by atoms with E-state index in [1.165, 1.54) is 7.11 Å². The summed E-state index contributed by atoms with van der Waals surface area (Å²) in [5.41, 5.74) is -0.571. The molecule has 0 spiro atoms. The van der Waals surface area contributed by atoms with E-state index in [4.69, 9.17) is 0 Å². The van der Waals surface area contributed by atoms with E-state index in [1.54, 1.807) is 20.8 Å². The molecule has 0 heterocycles. The number of rotatable bonds is 4. The summed E-state index contributed by atoms with van der Waals surface area (Å²) in [6.45, 7) is 5.61. The van der Waals surface area contributed by atoms with Crippen molar-refractivity contribution in [3.63, 3.8) is 0 Å². The Balaban J connectivity index is 4.06. The first-order chi connectivity index (χ1) is 7.44. The summed E-state index contributed by atoms with van der Waals surface area (Å²) >= 11 is 0. The van der Waals surface area contributed by atoms with E-state index in [1.807, 2.05) is 0 Å². The Bertz CT molecular complexity index is 307. The predicted octanol–water partition coefficient (Wildman–Crippen LogP) is 1.53. The first-order valence-electron chi connectivity index (χ1n) is 5.18. The van der Waals surface area contributed by atoms with E-state index < -0.39 is 11.4 Å². The van der Waals surface area contributed by atoms with Crippen LogP contribution in [0.25, 0.3) is 0 Å². The van der Waals surface area contributed by atoms with Gasteiger partial charge >= 0.3 is 11.9 Å². The Labute approximate surface area is 96.3 Å². The fourth-order valence-corrected chi connectivity index (χ4v) is 1.06. The molecule has 0 aliphatic rings.